The van der Waals surface area contributed by atoms with Crippen LogP contribution in [0, 0.1) is 5.82 Å². The number of carboxylic acids is 1. The van der Waals surface area contributed by atoms with Crippen LogP contribution in [0.3, 0.4) is 0 Å². The average Bonchev–Trinajstić information content (AvgIpc) is 3.74. The molecule has 260 valence electrons. The summed E-state index contributed by atoms with van der Waals surface area (Å²) >= 11 is 1.36. The number of halogens is 4. The number of alkyl halides is 3. The molecule has 2 aromatic heterocycles. The Hall–Kier alpha value is -4.98. The normalized spacial score (nSPS) is 14.0. The summed E-state index contributed by atoms with van der Waals surface area (Å²) in [5, 5.41) is 22.4. The molecule has 14 heteroatoms. The number of aliphatic carboxylic acids is 1. The highest BCUT2D eigenvalue weighted by Gasteiger charge is 2.34. The number of hydrogen-bond donors (Lipinski definition) is 2. The van der Waals surface area contributed by atoms with E-state index in [4.69, 9.17) is 0 Å². The zero-order valence-corrected chi connectivity index (χ0v) is 28.1. The Bertz CT molecular complexity index is 2060. The molecule has 9 nitrogen and oxygen atoms in total. The van der Waals surface area contributed by atoms with Crippen LogP contribution in [-0.2, 0) is 42.7 Å². The van der Waals surface area contributed by atoms with Gasteiger partial charge in [0, 0.05) is 17.0 Å². The number of benzene rings is 3. The molecule has 6 rings (SSSR count). The van der Waals surface area contributed by atoms with Crippen molar-refractivity contribution in [1.29, 1.82) is 0 Å². The minimum absolute atomic E-state index is 0.190. The number of aromatic nitrogens is 5. The van der Waals surface area contributed by atoms with Crippen LogP contribution < -0.4 is 10.9 Å². The Labute approximate surface area is 289 Å². The number of nitrogens with one attached hydrogen (secondary N) is 1. The van der Waals surface area contributed by atoms with E-state index in [9.17, 15) is 32.3 Å². The Morgan fingerprint density at radius 3 is 2.16 bits per heavy atom. The maximum absolute atomic E-state index is 13.5. The highest BCUT2D eigenvalue weighted by molar-refractivity contribution is 7.98. The van der Waals surface area contributed by atoms with Crippen molar-refractivity contribution in [3.05, 3.63) is 123 Å². The first-order chi connectivity index (χ1) is 23.8. The molecule has 0 aliphatic heterocycles. The summed E-state index contributed by atoms with van der Waals surface area (Å²) in [5.74, 6) is -0.217. The highest BCUT2D eigenvalue weighted by atomic mass is 32.2. The molecule has 0 bridgehead atoms. The van der Waals surface area contributed by atoms with Crippen LogP contribution in [0.4, 0.5) is 23.5 Å². The van der Waals surface area contributed by atoms with Crippen molar-refractivity contribution in [2.24, 2.45) is 0 Å². The van der Waals surface area contributed by atoms with E-state index in [2.05, 4.69) is 20.5 Å². The van der Waals surface area contributed by atoms with E-state index in [1.165, 1.54) is 36.0 Å². The lowest BCUT2D eigenvalue weighted by molar-refractivity contribution is -0.142. The van der Waals surface area contributed by atoms with Gasteiger partial charge in [-0.3, -0.25) is 9.36 Å². The zero-order valence-electron chi connectivity index (χ0n) is 27.3. The lowest BCUT2D eigenvalue weighted by Gasteiger charge is -2.25. The molecule has 1 atom stereocenters. The first-order valence-corrected chi connectivity index (χ1v) is 17.0. The lowest BCUT2D eigenvalue weighted by Crippen LogP contribution is -2.43. The van der Waals surface area contributed by atoms with E-state index in [1.807, 2.05) is 28.8 Å². The van der Waals surface area contributed by atoms with Crippen LogP contribution >= 0.6 is 11.8 Å². The van der Waals surface area contributed by atoms with Gasteiger partial charge in [0.05, 0.1) is 18.7 Å². The Morgan fingerprint density at radius 1 is 0.900 bits per heavy atom. The number of carbonyl (C=O) groups is 1. The first-order valence-electron chi connectivity index (χ1n) is 16.0. The van der Waals surface area contributed by atoms with Crippen LogP contribution in [0.2, 0.25) is 0 Å². The van der Waals surface area contributed by atoms with Gasteiger partial charge in [-0.25, -0.2) is 9.18 Å². The molecule has 1 aliphatic rings. The van der Waals surface area contributed by atoms with E-state index in [0.717, 1.165) is 40.9 Å². The molecule has 2 heterocycles. The van der Waals surface area contributed by atoms with Crippen molar-refractivity contribution in [1.82, 2.24) is 24.3 Å². The number of anilines is 1. The molecule has 5 aromatic rings. The summed E-state index contributed by atoms with van der Waals surface area (Å²) in [4.78, 5) is 29.7. The Morgan fingerprint density at radius 2 is 1.54 bits per heavy atom. The standard InChI is InChI=1S/C36H34F4N6O3S/c1-3-35(2,32(48)49)42-33-44-43-30(46(33)19-22-7-11-24(12-8-22)25-13-15-26(16-14-25)36(38,39)40)20-45-29-6-4-5-28(29)31(47)41-34(45)50-21-23-9-17-27(37)18-10-23/h7-18H,3-6,19-21H2,1-2H3,(H,42,44)(H,48,49). The van der Waals surface area contributed by atoms with Gasteiger partial charge in [-0.2, -0.15) is 18.2 Å². The van der Waals surface area contributed by atoms with Crippen LogP contribution in [0.25, 0.3) is 11.1 Å². The number of thioether (sulfide) groups is 1. The van der Waals surface area contributed by atoms with Crippen molar-refractivity contribution in [3.63, 3.8) is 0 Å². The number of carboxylic acid groups (broad SMARTS) is 1. The van der Waals surface area contributed by atoms with Gasteiger partial charge in [0.1, 0.15) is 11.4 Å². The second-order valence-electron chi connectivity index (χ2n) is 12.4. The van der Waals surface area contributed by atoms with Gasteiger partial charge in [0.2, 0.25) is 5.95 Å². The lowest BCUT2D eigenvalue weighted by atomic mass is 10.00. The molecule has 2 N–H and O–H groups in total. The molecule has 0 fully saturated rings. The average molecular weight is 707 g/mol. The fraction of sp³-hybridized carbons (Fsp3) is 0.306. The van der Waals surface area contributed by atoms with Gasteiger partial charge in [-0.15, -0.1) is 10.2 Å². The van der Waals surface area contributed by atoms with Crippen molar-refractivity contribution in [3.8, 4) is 11.1 Å². The van der Waals surface area contributed by atoms with E-state index >= 15 is 0 Å². The van der Waals surface area contributed by atoms with E-state index in [-0.39, 0.29) is 36.8 Å². The van der Waals surface area contributed by atoms with Gasteiger partial charge in [0.25, 0.3) is 5.56 Å². The van der Waals surface area contributed by atoms with Crippen LogP contribution in [0.5, 0.6) is 0 Å². The fourth-order valence-electron chi connectivity index (χ4n) is 5.82. The summed E-state index contributed by atoms with van der Waals surface area (Å²) in [6, 6.07) is 18.4. The van der Waals surface area contributed by atoms with Crippen molar-refractivity contribution in [2.75, 3.05) is 5.32 Å². The Kier molecular flexibility index (Phi) is 9.83. The maximum atomic E-state index is 13.5. The highest BCUT2D eigenvalue weighted by Crippen LogP contribution is 2.32. The maximum Gasteiger partial charge on any atom is 0.416 e. The zero-order chi connectivity index (χ0) is 35.6. The van der Waals surface area contributed by atoms with Crippen LogP contribution in [0.15, 0.2) is 82.7 Å². The molecule has 1 unspecified atom stereocenters. The van der Waals surface area contributed by atoms with E-state index in [1.54, 1.807) is 30.5 Å². The van der Waals surface area contributed by atoms with E-state index in [0.29, 0.717) is 40.7 Å². The predicted octanol–water partition coefficient (Wildman–Crippen LogP) is 7.20. The molecular formula is C36H34F4N6O3S. The summed E-state index contributed by atoms with van der Waals surface area (Å²) in [6.45, 7) is 3.75. The second kappa shape index (κ2) is 14.1. The number of fused-ring (bicyclic) bond motifs is 1. The summed E-state index contributed by atoms with van der Waals surface area (Å²) in [7, 11) is 0. The molecule has 0 spiro atoms. The van der Waals surface area contributed by atoms with Gasteiger partial charge >= 0.3 is 12.1 Å². The SMILES string of the molecule is CCC(C)(Nc1nnc(Cn2c(SCc3ccc(F)cc3)nc(=O)c3c2CCC3)n1Cc1ccc(-c2ccc(C(F)(F)F)cc2)cc1)C(=O)O. The van der Waals surface area contributed by atoms with Crippen molar-refractivity contribution >= 4 is 23.7 Å². The molecule has 1 aliphatic carbocycles. The molecular weight excluding hydrogens is 672 g/mol. The number of hydrogen-bond acceptors (Lipinski definition) is 7. The predicted molar refractivity (Wildman–Crippen MR) is 182 cm³/mol. The summed E-state index contributed by atoms with van der Waals surface area (Å²) in [6.07, 6.45) is -2.08. The number of rotatable bonds is 12. The molecule has 0 amide bonds. The summed E-state index contributed by atoms with van der Waals surface area (Å²) < 4.78 is 56.5. The smallest absolute Gasteiger partial charge is 0.416 e. The van der Waals surface area contributed by atoms with Gasteiger partial charge in [-0.05, 0) is 79.1 Å². The minimum Gasteiger partial charge on any atom is -0.480 e. The molecule has 0 saturated heterocycles. The monoisotopic (exact) mass is 706 g/mol. The Balaban J connectivity index is 1.34. The molecule has 0 saturated carbocycles. The third-order valence-corrected chi connectivity index (χ3v) is 10.1. The van der Waals surface area contributed by atoms with Gasteiger partial charge in [-0.1, -0.05) is 67.2 Å². The van der Waals surface area contributed by atoms with Crippen LogP contribution in [-0.4, -0.2) is 40.9 Å². The third-order valence-electron chi connectivity index (χ3n) is 9.02. The van der Waals surface area contributed by atoms with Gasteiger partial charge < -0.3 is 15.0 Å². The van der Waals surface area contributed by atoms with Gasteiger partial charge in [0.15, 0.2) is 11.0 Å². The van der Waals surface area contributed by atoms with E-state index < -0.39 is 23.2 Å². The first kappa shape index (κ1) is 34.9. The molecule has 50 heavy (non-hydrogen) atoms. The van der Waals surface area contributed by atoms with Crippen molar-refractivity contribution < 1.29 is 27.5 Å². The second-order valence-corrected chi connectivity index (χ2v) is 13.3. The molecule has 3 aromatic carbocycles. The quantitative estimate of drug-likeness (QED) is 0.0796. The molecule has 0 radical (unpaired) electrons. The van der Waals surface area contributed by atoms with Crippen molar-refractivity contribution in [2.45, 2.75) is 75.2 Å². The fourth-order valence-corrected chi connectivity index (χ4v) is 6.78. The number of nitrogens with zero attached hydrogens (tertiary/aromatic N) is 5. The largest absolute Gasteiger partial charge is 0.480 e. The topological polar surface area (TPSA) is 115 Å². The minimum atomic E-state index is -4.42. The third kappa shape index (κ3) is 7.44. The van der Waals surface area contributed by atoms with Crippen LogP contribution in [0.1, 0.15) is 60.5 Å². The summed E-state index contributed by atoms with van der Waals surface area (Å²) in [5.41, 5.74) is 2.21.